The second-order valence-electron chi connectivity index (χ2n) is 14.2. The van der Waals surface area contributed by atoms with Crippen molar-refractivity contribution in [3.8, 4) is 0 Å². The molecule has 0 aliphatic rings. The highest BCUT2D eigenvalue weighted by Gasteiger charge is 2.32. The van der Waals surface area contributed by atoms with Crippen molar-refractivity contribution in [2.75, 3.05) is 13.1 Å². The van der Waals surface area contributed by atoms with Gasteiger partial charge in [-0.2, -0.15) is 4.73 Å². The van der Waals surface area contributed by atoms with Gasteiger partial charge >= 0.3 is 0 Å². The summed E-state index contributed by atoms with van der Waals surface area (Å²) in [7, 11) is 0. The van der Waals surface area contributed by atoms with Crippen LogP contribution in [-0.4, -0.2) is 72.8 Å². The van der Waals surface area contributed by atoms with Gasteiger partial charge < -0.3 is 37.1 Å². The summed E-state index contributed by atoms with van der Waals surface area (Å²) in [6, 6.07) is 8.78. The maximum Gasteiger partial charge on any atom is 0.252 e. The number of amides is 5. The number of hydrogen-bond acceptors (Lipinski definition) is 7. The number of likely N-dealkylation sites (N-methyl/N-ethyl adjacent to an activating group) is 1. The van der Waals surface area contributed by atoms with Gasteiger partial charge in [-0.15, -0.1) is 0 Å². The molecule has 6 atom stereocenters. The Labute approximate surface area is 309 Å². The van der Waals surface area contributed by atoms with E-state index in [0.717, 1.165) is 5.56 Å². The van der Waals surface area contributed by atoms with Gasteiger partial charge in [-0.3, -0.25) is 24.0 Å². The predicted molar refractivity (Wildman–Crippen MR) is 202 cm³/mol. The molecule has 0 spiro atoms. The van der Waals surface area contributed by atoms with Crippen molar-refractivity contribution in [1.29, 1.82) is 0 Å². The normalized spacial score (nSPS) is 14.7. The predicted octanol–water partition coefficient (Wildman–Crippen LogP) is 2.76. The Kier molecular flexibility index (Phi) is 18.8. The number of nitrogens with zero attached hydrogens (tertiary/aromatic N) is 1. The van der Waals surface area contributed by atoms with E-state index in [1.807, 2.05) is 85.7 Å². The Balaban J connectivity index is 2.24. The summed E-state index contributed by atoms with van der Waals surface area (Å²) < 4.78 is 0.570. The number of carbonyl (C=O) groups excluding carboxylic acids is 5. The molecule has 13 nitrogen and oxygen atoms in total. The summed E-state index contributed by atoms with van der Waals surface area (Å²) in [5.41, 5.74) is 1.18. The number of hydrogen-bond donors (Lipinski definition) is 6. The minimum atomic E-state index is -0.913. The van der Waals surface area contributed by atoms with Crippen molar-refractivity contribution in [3.05, 3.63) is 71.2 Å². The fourth-order valence-corrected chi connectivity index (χ4v) is 5.84. The van der Waals surface area contributed by atoms with Crippen LogP contribution in [0.1, 0.15) is 97.0 Å². The Hall–Kier alpha value is -4.52. The molecule has 5 amide bonds. The van der Waals surface area contributed by atoms with Crippen LogP contribution in [0.3, 0.4) is 0 Å². The highest BCUT2D eigenvalue weighted by Crippen LogP contribution is 2.13. The molecule has 0 fully saturated rings. The van der Waals surface area contributed by atoms with E-state index in [1.54, 1.807) is 0 Å². The molecular formula is C39H61N7O6. The lowest BCUT2D eigenvalue weighted by molar-refractivity contribution is -0.605. The molecule has 1 aromatic carbocycles. The smallest absolute Gasteiger partial charge is 0.252 e. The van der Waals surface area contributed by atoms with Gasteiger partial charge in [0.05, 0.1) is 11.6 Å². The van der Waals surface area contributed by atoms with Gasteiger partial charge in [-0.1, -0.05) is 91.6 Å². The largest absolute Gasteiger partial charge is 0.619 e. The lowest BCUT2D eigenvalue weighted by Crippen LogP contribution is -2.58. The summed E-state index contributed by atoms with van der Waals surface area (Å²) in [5, 5.41) is 29.3. The summed E-state index contributed by atoms with van der Waals surface area (Å²) >= 11 is 0. The number of rotatable bonds is 22. The zero-order valence-corrected chi connectivity index (χ0v) is 32.2. The number of pyridine rings is 1. The van der Waals surface area contributed by atoms with Crippen LogP contribution in [-0.2, 0) is 25.6 Å². The Morgan fingerprint density at radius 1 is 0.731 bits per heavy atom. The number of carbonyl (C=O) groups is 5. The maximum atomic E-state index is 13.8. The highest BCUT2D eigenvalue weighted by molar-refractivity contribution is 5.98. The molecule has 1 heterocycles. The zero-order chi connectivity index (χ0) is 38.8. The Morgan fingerprint density at radius 2 is 1.37 bits per heavy atom. The van der Waals surface area contributed by atoms with E-state index in [-0.39, 0.29) is 53.6 Å². The van der Waals surface area contributed by atoms with E-state index in [2.05, 4.69) is 31.9 Å². The van der Waals surface area contributed by atoms with Crippen LogP contribution < -0.4 is 36.6 Å². The fourth-order valence-electron chi connectivity index (χ4n) is 5.84. The molecular weight excluding hydrogens is 662 g/mol. The first-order valence-electron chi connectivity index (χ1n) is 18.7. The van der Waals surface area contributed by atoms with E-state index in [9.17, 15) is 29.2 Å². The molecule has 6 N–H and O–H groups in total. The average Bonchev–Trinajstić information content (AvgIpc) is 3.10. The van der Waals surface area contributed by atoms with Crippen LogP contribution in [0.25, 0.3) is 0 Å². The highest BCUT2D eigenvalue weighted by atomic mass is 16.5. The fraction of sp³-hybridized carbons (Fsp3) is 0.590. The monoisotopic (exact) mass is 723 g/mol. The second kappa shape index (κ2) is 22.4. The van der Waals surface area contributed by atoms with Gasteiger partial charge in [-0.25, -0.2) is 0 Å². The summed E-state index contributed by atoms with van der Waals surface area (Å²) in [6.45, 7) is 16.1. The molecule has 0 unspecified atom stereocenters. The van der Waals surface area contributed by atoms with Gasteiger partial charge in [0.2, 0.25) is 23.6 Å². The quantitative estimate of drug-likeness (QED) is 0.0797. The first-order chi connectivity index (χ1) is 24.7. The van der Waals surface area contributed by atoms with Crippen LogP contribution in [0.4, 0.5) is 0 Å². The first kappa shape index (κ1) is 43.6. The number of nitrogens with one attached hydrogen (secondary N) is 6. The third-order valence-corrected chi connectivity index (χ3v) is 8.97. The molecule has 0 aliphatic carbocycles. The Bertz CT molecular complexity index is 1420. The molecule has 2 rings (SSSR count). The van der Waals surface area contributed by atoms with Crippen LogP contribution >= 0.6 is 0 Å². The standard InChI is InChI=1S/C39H61N7O6/c1-9-15-31(43-39(51)34(27(8)10-2)45-35(47)29-18-20-46(52)21-19-29)36(48)42-30(22-25(4)5)24-41-32(23-28-16-13-12-14-17-28)37(49)44-33(26(6)7)38(50)40-11-3/h12-14,16-21,25-27,30-34,41H,9-11,15,22-24H2,1-8H3,(H,40,50)(H,42,48)(H,43,51)(H,44,49)(H,45,47)/t27-,30-,31-,32-,33-,34-/m0/s1. The maximum absolute atomic E-state index is 13.8. The van der Waals surface area contributed by atoms with Crippen molar-refractivity contribution in [2.24, 2.45) is 17.8 Å². The summed E-state index contributed by atoms with van der Waals surface area (Å²) in [4.78, 5) is 67.0. The minimum absolute atomic E-state index is 0.135. The lowest BCUT2D eigenvalue weighted by atomic mass is 9.97. The average molecular weight is 724 g/mol. The molecule has 0 saturated heterocycles. The van der Waals surface area contributed by atoms with Crippen molar-refractivity contribution < 1.29 is 28.7 Å². The van der Waals surface area contributed by atoms with Gasteiger partial charge in [-0.05, 0) is 49.5 Å². The summed E-state index contributed by atoms with van der Waals surface area (Å²) in [6.07, 6.45) is 4.98. The summed E-state index contributed by atoms with van der Waals surface area (Å²) in [5.74, 6) is -2.07. The van der Waals surface area contributed by atoms with Crippen molar-refractivity contribution in [2.45, 2.75) is 118 Å². The van der Waals surface area contributed by atoms with Gasteiger partial charge in [0, 0.05) is 31.3 Å². The van der Waals surface area contributed by atoms with E-state index in [0.29, 0.717) is 43.4 Å². The van der Waals surface area contributed by atoms with E-state index >= 15 is 0 Å². The molecule has 288 valence electrons. The Morgan fingerprint density at radius 3 is 1.92 bits per heavy atom. The molecule has 2 aromatic rings. The van der Waals surface area contributed by atoms with Crippen LogP contribution in [0, 0.1) is 23.0 Å². The van der Waals surface area contributed by atoms with Crippen LogP contribution in [0.2, 0.25) is 0 Å². The van der Waals surface area contributed by atoms with Gasteiger partial charge in [0.1, 0.15) is 18.1 Å². The van der Waals surface area contributed by atoms with E-state index in [1.165, 1.54) is 24.5 Å². The topological polar surface area (TPSA) is 184 Å². The number of aromatic nitrogens is 1. The SMILES string of the molecule is CCC[C@H](NC(=O)[C@@H](NC(=O)c1cc[n+]([O-])cc1)[C@@H](C)CC)C(=O)N[C@H](CN[C@@H](Cc1ccccc1)C(=O)N[C@H](C(=O)NCC)C(C)C)CC(C)C. The zero-order valence-electron chi connectivity index (χ0n) is 32.2. The van der Waals surface area contributed by atoms with Crippen molar-refractivity contribution in [1.82, 2.24) is 31.9 Å². The van der Waals surface area contributed by atoms with Gasteiger partial charge in [0.15, 0.2) is 12.4 Å². The molecule has 0 bridgehead atoms. The van der Waals surface area contributed by atoms with Crippen LogP contribution in [0.5, 0.6) is 0 Å². The molecule has 0 saturated carbocycles. The first-order valence-corrected chi connectivity index (χ1v) is 18.7. The van der Waals surface area contributed by atoms with Crippen molar-refractivity contribution >= 4 is 29.5 Å². The lowest BCUT2D eigenvalue weighted by Gasteiger charge is -2.29. The molecule has 0 aliphatic heterocycles. The van der Waals surface area contributed by atoms with Gasteiger partial charge in [0.25, 0.3) is 5.91 Å². The molecule has 52 heavy (non-hydrogen) atoms. The van der Waals surface area contributed by atoms with Crippen molar-refractivity contribution in [3.63, 3.8) is 0 Å². The van der Waals surface area contributed by atoms with Crippen LogP contribution in [0.15, 0.2) is 54.9 Å². The second-order valence-corrected chi connectivity index (χ2v) is 14.2. The number of benzene rings is 1. The van der Waals surface area contributed by atoms with E-state index < -0.39 is 36.0 Å². The minimum Gasteiger partial charge on any atom is -0.619 e. The third-order valence-electron chi connectivity index (χ3n) is 8.97. The molecule has 0 radical (unpaired) electrons. The van der Waals surface area contributed by atoms with E-state index in [4.69, 9.17) is 0 Å². The molecule has 13 heteroatoms. The molecule has 1 aromatic heterocycles. The third kappa shape index (κ3) is 14.6.